The summed E-state index contributed by atoms with van der Waals surface area (Å²) in [6.07, 6.45) is 2.79. The number of benzene rings is 2. The second-order valence-electron chi connectivity index (χ2n) is 5.43. The summed E-state index contributed by atoms with van der Waals surface area (Å²) in [5, 5.41) is 11.1. The van der Waals surface area contributed by atoms with Crippen molar-refractivity contribution in [2.24, 2.45) is 0 Å². The van der Waals surface area contributed by atoms with Crippen LogP contribution in [0.5, 0.6) is 0 Å². The van der Waals surface area contributed by atoms with Gasteiger partial charge in [0.2, 0.25) is 0 Å². The molecule has 1 unspecified atom stereocenters. The second kappa shape index (κ2) is 5.19. The molecule has 0 radical (unpaired) electrons. The Bertz CT molecular complexity index is 641. The summed E-state index contributed by atoms with van der Waals surface area (Å²) in [4.78, 5) is 0. The maximum absolute atomic E-state index is 14.1. The van der Waals surface area contributed by atoms with Gasteiger partial charge in [-0.1, -0.05) is 48.0 Å². The van der Waals surface area contributed by atoms with Gasteiger partial charge in [-0.05, 0) is 42.0 Å². The molecule has 1 aliphatic rings. The number of rotatable bonds is 2. The van der Waals surface area contributed by atoms with E-state index in [4.69, 9.17) is 11.6 Å². The molecule has 0 heterocycles. The zero-order chi connectivity index (χ0) is 14.2. The summed E-state index contributed by atoms with van der Waals surface area (Å²) in [6.45, 7) is 0. The average Bonchev–Trinajstić information content (AvgIpc) is 2.44. The molecule has 0 amide bonds. The number of halogens is 2. The van der Waals surface area contributed by atoms with Crippen molar-refractivity contribution in [1.29, 1.82) is 0 Å². The molecule has 0 saturated heterocycles. The van der Waals surface area contributed by atoms with Gasteiger partial charge >= 0.3 is 0 Å². The second-order valence-corrected chi connectivity index (χ2v) is 5.84. The molecule has 1 atom stereocenters. The van der Waals surface area contributed by atoms with Crippen LogP contribution in [0, 0.1) is 5.82 Å². The van der Waals surface area contributed by atoms with Crippen molar-refractivity contribution in [1.82, 2.24) is 0 Å². The first kappa shape index (κ1) is 13.6. The Morgan fingerprint density at radius 3 is 2.80 bits per heavy atom. The number of fused-ring (bicyclic) bond motifs is 1. The van der Waals surface area contributed by atoms with Crippen molar-refractivity contribution in [3.05, 3.63) is 70.0 Å². The Kier molecular flexibility index (Phi) is 3.53. The first-order valence-corrected chi connectivity index (χ1v) is 7.22. The molecule has 0 spiro atoms. The lowest BCUT2D eigenvalue weighted by molar-refractivity contribution is 0.0183. The molecule has 20 heavy (non-hydrogen) atoms. The summed E-state index contributed by atoms with van der Waals surface area (Å²) in [7, 11) is 0. The zero-order valence-corrected chi connectivity index (χ0v) is 11.8. The lowest BCUT2D eigenvalue weighted by Gasteiger charge is -2.35. The molecule has 2 aromatic carbocycles. The van der Waals surface area contributed by atoms with Gasteiger partial charge in [0, 0.05) is 6.42 Å². The van der Waals surface area contributed by atoms with Gasteiger partial charge in [0.15, 0.2) is 0 Å². The summed E-state index contributed by atoms with van der Waals surface area (Å²) < 4.78 is 14.1. The van der Waals surface area contributed by atoms with Crippen LogP contribution in [0.1, 0.15) is 29.5 Å². The summed E-state index contributed by atoms with van der Waals surface area (Å²) in [5.41, 5.74) is 1.55. The minimum absolute atomic E-state index is 0.107. The number of hydrogen-bond acceptors (Lipinski definition) is 1. The highest BCUT2D eigenvalue weighted by atomic mass is 35.5. The highest BCUT2D eigenvalue weighted by molar-refractivity contribution is 6.30. The Balaban J connectivity index is 2.00. The topological polar surface area (TPSA) is 20.2 Å². The molecule has 3 rings (SSSR count). The molecule has 0 bridgehead atoms. The van der Waals surface area contributed by atoms with E-state index in [9.17, 15) is 9.50 Å². The van der Waals surface area contributed by atoms with E-state index in [1.807, 2.05) is 24.3 Å². The van der Waals surface area contributed by atoms with E-state index in [-0.39, 0.29) is 11.4 Å². The molecular weight excluding hydrogens is 275 g/mol. The maximum atomic E-state index is 14.1. The first-order chi connectivity index (χ1) is 9.60. The molecule has 1 nitrogen and oxygen atoms in total. The van der Waals surface area contributed by atoms with Crippen molar-refractivity contribution >= 4 is 11.6 Å². The van der Waals surface area contributed by atoms with Gasteiger partial charge in [0.1, 0.15) is 5.82 Å². The molecule has 1 N–H and O–H groups in total. The highest BCUT2D eigenvalue weighted by Crippen LogP contribution is 2.38. The molecule has 3 heteroatoms. The molecule has 0 aromatic heterocycles. The van der Waals surface area contributed by atoms with Crippen LogP contribution in [0.3, 0.4) is 0 Å². The monoisotopic (exact) mass is 290 g/mol. The van der Waals surface area contributed by atoms with Gasteiger partial charge in [-0.3, -0.25) is 0 Å². The molecule has 0 fully saturated rings. The minimum Gasteiger partial charge on any atom is -0.385 e. The standard InChI is InChI=1S/C17H16ClFO/c18-15-9-3-6-13(16(15)19)11-17(20)10-4-7-12-5-1-2-8-14(12)17/h1-3,5-6,8-9,20H,4,7,10-11H2. The van der Waals surface area contributed by atoms with E-state index in [0.29, 0.717) is 12.0 Å². The molecule has 1 aliphatic carbocycles. The van der Waals surface area contributed by atoms with Crippen LogP contribution in [-0.4, -0.2) is 5.11 Å². The third kappa shape index (κ3) is 2.34. The minimum atomic E-state index is -1.000. The lowest BCUT2D eigenvalue weighted by Crippen LogP contribution is -2.33. The van der Waals surface area contributed by atoms with E-state index in [1.165, 1.54) is 6.07 Å². The van der Waals surface area contributed by atoms with Gasteiger partial charge in [0.05, 0.1) is 10.6 Å². The van der Waals surface area contributed by atoms with Crippen molar-refractivity contribution in [2.45, 2.75) is 31.3 Å². The number of hydrogen-bond donors (Lipinski definition) is 1. The fraction of sp³-hybridized carbons (Fsp3) is 0.294. The largest absolute Gasteiger partial charge is 0.385 e. The average molecular weight is 291 g/mol. The quantitative estimate of drug-likeness (QED) is 0.877. The van der Waals surface area contributed by atoms with Crippen molar-refractivity contribution in [3.63, 3.8) is 0 Å². The molecule has 104 valence electrons. The van der Waals surface area contributed by atoms with E-state index in [1.54, 1.807) is 12.1 Å². The third-order valence-electron chi connectivity index (χ3n) is 4.07. The Labute approximate surface area is 123 Å². The van der Waals surface area contributed by atoms with Crippen LogP contribution in [0.25, 0.3) is 0 Å². The summed E-state index contributed by atoms with van der Waals surface area (Å²) >= 11 is 5.82. The van der Waals surface area contributed by atoms with Crippen molar-refractivity contribution < 1.29 is 9.50 Å². The van der Waals surface area contributed by atoms with E-state index in [2.05, 4.69) is 0 Å². The fourth-order valence-corrected chi connectivity index (χ4v) is 3.28. The first-order valence-electron chi connectivity index (χ1n) is 6.84. The third-order valence-corrected chi connectivity index (χ3v) is 4.36. The maximum Gasteiger partial charge on any atom is 0.145 e. The molecule has 0 saturated carbocycles. The van der Waals surface area contributed by atoms with Crippen LogP contribution in [0.15, 0.2) is 42.5 Å². The van der Waals surface area contributed by atoms with E-state index < -0.39 is 11.4 Å². The number of aryl methyl sites for hydroxylation is 1. The van der Waals surface area contributed by atoms with Crippen molar-refractivity contribution in [3.8, 4) is 0 Å². The molecule has 0 aliphatic heterocycles. The van der Waals surface area contributed by atoms with Gasteiger partial charge < -0.3 is 5.11 Å². The van der Waals surface area contributed by atoms with Crippen molar-refractivity contribution in [2.75, 3.05) is 0 Å². The van der Waals surface area contributed by atoms with Crippen LogP contribution >= 0.6 is 11.6 Å². The summed E-state index contributed by atoms with van der Waals surface area (Å²) in [5.74, 6) is -0.425. The van der Waals surface area contributed by atoms with Crippen LogP contribution < -0.4 is 0 Å². The molecular formula is C17H16ClFO. The normalized spacial score (nSPS) is 21.6. The predicted octanol–water partition coefficient (Wildman–Crippen LogP) is 4.25. The summed E-state index contributed by atoms with van der Waals surface area (Å²) in [6, 6.07) is 12.8. The van der Waals surface area contributed by atoms with Gasteiger partial charge in [-0.15, -0.1) is 0 Å². The van der Waals surface area contributed by atoms with Gasteiger partial charge in [-0.25, -0.2) is 4.39 Å². The Hall–Kier alpha value is -1.38. The van der Waals surface area contributed by atoms with Gasteiger partial charge in [-0.2, -0.15) is 0 Å². The zero-order valence-electron chi connectivity index (χ0n) is 11.1. The smallest absolute Gasteiger partial charge is 0.145 e. The fourth-order valence-electron chi connectivity index (χ4n) is 3.08. The van der Waals surface area contributed by atoms with Crippen LogP contribution in [0.4, 0.5) is 4.39 Å². The Morgan fingerprint density at radius 2 is 1.95 bits per heavy atom. The predicted molar refractivity (Wildman–Crippen MR) is 78.4 cm³/mol. The van der Waals surface area contributed by atoms with E-state index >= 15 is 0 Å². The highest BCUT2D eigenvalue weighted by Gasteiger charge is 2.35. The SMILES string of the molecule is OC1(Cc2cccc(Cl)c2F)CCCc2ccccc21. The number of aliphatic hydroxyl groups is 1. The molecule has 2 aromatic rings. The van der Waals surface area contributed by atoms with Gasteiger partial charge in [0.25, 0.3) is 0 Å². The van der Waals surface area contributed by atoms with E-state index in [0.717, 1.165) is 24.0 Å². The van der Waals surface area contributed by atoms with Crippen LogP contribution in [0.2, 0.25) is 5.02 Å². The Morgan fingerprint density at radius 1 is 1.15 bits per heavy atom. The lowest BCUT2D eigenvalue weighted by atomic mass is 9.76. The van der Waals surface area contributed by atoms with Crippen LogP contribution in [-0.2, 0) is 18.4 Å².